The minimum Gasteiger partial charge on any atom is -0.272 e. The van der Waals surface area contributed by atoms with Crippen LogP contribution in [-0.2, 0) is 10.3 Å². The summed E-state index contributed by atoms with van der Waals surface area (Å²) >= 11 is 0. The molecule has 0 amide bonds. The molecule has 1 aliphatic carbocycles. The lowest BCUT2D eigenvalue weighted by molar-refractivity contribution is -0.369. The van der Waals surface area contributed by atoms with E-state index in [1.165, 1.54) is 12.1 Å². The number of fused-ring (bicyclic) bond motifs is 3. The summed E-state index contributed by atoms with van der Waals surface area (Å²) in [5.74, 6) is 0. The monoisotopic (exact) mass is 296 g/mol. The third-order valence-corrected chi connectivity index (χ3v) is 3.78. The molecule has 3 rings (SSSR count). The summed E-state index contributed by atoms with van der Waals surface area (Å²) in [5.41, 5.74) is -0.591. The first kappa shape index (κ1) is 14.1. The van der Waals surface area contributed by atoms with Crippen molar-refractivity contribution in [3.8, 4) is 11.1 Å². The molecule has 0 aliphatic heterocycles. The quantitative estimate of drug-likeness (QED) is 0.723. The fourth-order valence-electron chi connectivity index (χ4n) is 3.03. The Hall–Kier alpha value is -1.88. The smallest absolute Gasteiger partial charge is 0.272 e. The fourth-order valence-corrected chi connectivity index (χ4v) is 3.03. The Kier molecular flexibility index (Phi) is 3.06. The summed E-state index contributed by atoms with van der Waals surface area (Å²) in [5, 5.41) is 0. The molecule has 0 fully saturated rings. The average Bonchev–Trinajstić information content (AvgIpc) is 2.70. The van der Waals surface area contributed by atoms with Gasteiger partial charge in [0, 0.05) is 0 Å². The van der Waals surface area contributed by atoms with Gasteiger partial charge >= 0.3 is 6.36 Å². The lowest BCUT2D eigenvalue weighted by Gasteiger charge is -2.34. The molecule has 2 aromatic rings. The highest BCUT2D eigenvalue weighted by molar-refractivity contribution is 5.80. The number of hydrogen-bond acceptors (Lipinski definition) is 1. The summed E-state index contributed by atoms with van der Waals surface area (Å²) in [7, 11) is 0. The molecule has 1 unspecified atom stereocenters. The maximum absolute atomic E-state index is 14.3. The van der Waals surface area contributed by atoms with E-state index in [1.54, 1.807) is 36.4 Å². The Bertz CT molecular complexity index is 630. The summed E-state index contributed by atoms with van der Waals surface area (Å²) in [6.07, 6.45) is -6.80. The van der Waals surface area contributed by atoms with Crippen molar-refractivity contribution in [1.29, 1.82) is 0 Å². The zero-order valence-corrected chi connectivity index (χ0v) is 11.1. The predicted octanol–water partition coefficient (Wildman–Crippen LogP) is 4.81. The van der Waals surface area contributed by atoms with E-state index in [1.807, 2.05) is 0 Å². The first-order valence-electron chi connectivity index (χ1n) is 6.46. The molecule has 5 heteroatoms. The van der Waals surface area contributed by atoms with Crippen molar-refractivity contribution in [2.75, 3.05) is 0 Å². The van der Waals surface area contributed by atoms with Crippen molar-refractivity contribution in [2.24, 2.45) is 0 Å². The standard InChI is InChI=1S/C16H12F4O/c1-10(17)15(21-16(18,19)20)13-8-4-2-6-11(13)12-7-3-5-9-14(12)15/h2-10H,1H3. The molecule has 0 N–H and O–H groups in total. The predicted molar refractivity (Wildman–Crippen MR) is 70.4 cm³/mol. The molecule has 21 heavy (non-hydrogen) atoms. The number of halogens is 4. The van der Waals surface area contributed by atoms with E-state index in [2.05, 4.69) is 4.74 Å². The molecule has 0 aromatic heterocycles. The maximum atomic E-state index is 14.3. The lowest BCUT2D eigenvalue weighted by Crippen LogP contribution is -2.42. The van der Waals surface area contributed by atoms with Crippen LogP contribution < -0.4 is 0 Å². The second kappa shape index (κ2) is 4.56. The van der Waals surface area contributed by atoms with Crippen LogP contribution in [0.3, 0.4) is 0 Å². The van der Waals surface area contributed by atoms with Crippen LogP contribution in [0.15, 0.2) is 48.5 Å². The van der Waals surface area contributed by atoms with E-state index in [0.717, 1.165) is 6.92 Å². The minimum atomic E-state index is -4.94. The molecular weight excluding hydrogens is 284 g/mol. The van der Waals surface area contributed by atoms with Crippen LogP contribution in [0.1, 0.15) is 18.1 Å². The van der Waals surface area contributed by atoms with Gasteiger partial charge in [0.25, 0.3) is 0 Å². The zero-order chi connectivity index (χ0) is 15.3. The highest BCUT2D eigenvalue weighted by Crippen LogP contribution is 2.54. The van der Waals surface area contributed by atoms with E-state index in [-0.39, 0.29) is 11.1 Å². The van der Waals surface area contributed by atoms with Gasteiger partial charge in [-0.3, -0.25) is 4.74 Å². The van der Waals surface area contributed by atoms with Crippen molar-refractivity contribution in [1.82, 2.24) is 0 Å². The first-order chi connectivity index (χ1) is 9.86. The normalized spacial score (nSPS) is 17.2. The second-order valence-corrected chi connectivity index (χ2v) is 4.99. The summed E-state index contributed by atoms with van der Waals surface area (Å²) in [6, 6.07) is 12.9. The molecule has 1 atom stereocenters. The second-order valence-electron chi connectivity index (χ2n) is 4.99. The van der Waals surface area contributed by atoms with Crippen LogP contribution in [0.4, 0.5) is 17.6 Å². The molecule has 0 spiro atoms. The van der Waals surface area contributed by atoms with Gasteiger partial charge in [-0.25, -0.2) is 4.39 Å². The van der Waals surface area contributed by atoms with Crippen LogP contribution >= 0.6 is 0 Å². The van der Waals surface area contributed by atoms with Gasteiger partial charge in [0.05, 0.1) is 0 Å². The highest BCUT2D eigenvalue weighted by Gasteiger charge is 2.55. The van der Waals surface area contributed by atoms with Crippen LogP contribution in [0, 0.1) is 0 Å². The van der Waals surface area contributed by atoms with Gasteiger partial charge in [-0.2, -0.15) is 0 Å². The molecule has 110 valence electrons. The maximum Gasteiger partial charge on any atom is 0.523 e. The SMILES string of the molecule is CC(F)C1(OC(F)(F)F)c2ccccc2-c2ccccc21. The fraction of sp³-hybridized carbons (Fsp3) is 0.250. The topological polar surface area (TPSA) is 9.23 Å². The lowest BCUT2D eigenvalue weighted by atomic mass is 9.87. The Morgan fingerprint density at radius 2 is 1.33 bits per heavy atom. The Balaban J connectivity index is 2.33. The molecule has 1 nitrogen and oxygen atoms in total. The summed E-state index contributed by atoms with van der Waals surface area (Å²) in [6.45, 7) is 1.09. The Morgan fingerprint density at radius 3 is 1.71 bits per heavy atom. The molecule has 0 heterocycles. The Labute approximate surface area is 119 Å². The highest BCUT2D eigenvalue weighted by atomic mass is 19.4. The van der Waals surface area contributed by atoms with Gasteiger partial charge < -0.3 is 0 Å². The van der Waals surface area contributed by atoms with E-state index >= 15 is 0 Å². The molecule has 1 aliphatic rings. The van der Waals surface area contributed by atoms with Crippen LogP contribution in [0.5, 0.6) is 0 Å². The van der Waals surface area contributed by atoms with E-state index in [9.17, 15) is 17.6 Å². The number of hydrogen-bond donors (Lipinski definition) is 0. The molecule has 0 saturated heterocycles. The van der Waals surface area contributed by atoms with Crippen LogP contribution in [-0.4, -0.2) is 12.5 Å². The third-order valence-electron chi connectivity index (χ3n) is 3.78. The van der Waals surface area contributed by atoms with Gasteiger partial charge in [-0.15, -0.1) is 13.2 Å². The average molecular weight is 296 g/mol. The van der Waals surface area contributed by atoms with Crippen LogP contribution in [0.25, 0.3) is 11.1 Å². The third kappa shape index (κ3) is 2.03. The molecule has 0 bridgehead atoms. The Morgan fingerprint density at radius 1 is 0.905 bits per heavy atom. The van der Waals surface area contributed by atoms with Gasteiger partial charge in [0.15, 0.2) is 5.60 Å². The number of benzene rings is 2. The summed E-state index contributed by atoms with van der Waals surface area (Å²) in [4.78, 5) is 0. The van der Waals surface area contributed by atoms with Crippen molar-refractivity contribution in [3.05, 3.63) is 59.7 Å². The van der Waals surface area contributed by atoms with Gasteiger partial charge in [0.2, 0.25) is 0 Å². The number of rotatable bonds is 2. The molecular formula is C16H12F4O. The van der Waals surface area contributed by atoms with Gasteiger partial charge in [-0.1, -0.05) is 48.5 Å². The van der Waals surface area contributed by atoms with Crippen molar-refractivity contribution < 1.29 is 22.3 Å². The van der Waals surface area contributed by atoms with E-state index < -0.39 is 18.1 Å². The van der Waals surface area contributed by atoms with Gasteiger partial charge in [-0.05, 0) is 29.2 Å². The summed E-state index contributed by atoms with van der Waals surface area (Å²) < 4.78 is 57.4. The molecule has 0 saturated carbocycles. The molecule has 0 radical (unpaired) electrons. The largest absolute Gasteiger partial charge is 0.523 e. The van der Waals surface area contributed by atoms with Gasteiger partial charge in [0.1, 0.15) is 6.17 Å². The zero-order valence-electron chi connectivity index (χ0n) is 11.1. The van der Waals surface area contributed by atoms with Crippen molar-refractivity contribution >= 4 is 0 Å². The van der Waals surface area contributed by atoms with E-state index in [4.69, 9.17) is 0 Å². The number of ether oxygens (including phenoxy) is 1. The van der Waals surface area contributed by atoms with E-state index in [0.29, 0.717) is 11.1 Å². The van der Waals surface area contributed by atoms with Crippen molar-refractivity contribution in [3.63, 3.8) is 0 Å². The van der Waals surface area contributed by atoms with Crippen molar-refractivity contribution in [2.45, 2.75) is 25.1 Å². The van der Waals surface area contributed by atoms with Crippen LogP contribution in [0.2, 0.25) is 0 Å². The first-order valence-corrected chi connectivity index (χ1v) is 6.46. The minimum absolute atomic E-state index is 0.207. The molecule has 2 aromatic carbocycles. The number of alkyl halides is 4.